The molecule has 0 aliphatic rings. The van der Waals surface area contributed by atoms with Gasteiger partial charge in [0.2, 0.25) is 0 Å². The van der Waals surface area contributed by atoms with Crippen LogP contribution in [0.15, 0.2) is 0 Å². The summed E-state index contributed by atoms with van der Waals surface area (Å²) in [6.07, 6.45) is 26.3. The lowest BCUT2D eigenvalue weighted by molar-refractivity contribution is -0.144. The quantitative estimate of drug-likeness (QED) is 0.0506. The zero-order chi connectivity index (χ0) is 28.3. The Morgan fingerprint density at radius 2 is 1.00 bits per heavy atom. The van der Waals surface area contributed by atoms with E-state index in [0.717, 1.165) is 42.6 Å². The summed E-state index contributed by atoms with van der Waals surface area (Å²) in [5, 5.41) is 0. The second-order valence-corrected chi connectivity index (χ2v) is 15.4. The van der Waals surface area contributed by atoms with Crippen LogP contribution in [0.3, 0.4) is 0 Å². The number of esters is 1. The van der Waals surface area contributed by atoms with E-state index in [9.17, 15) is 4.79 Å². The van der Waals surface area contributed by atoms with Crippen molar-refractivity contribution in [2.24, 2.45) is 11.8 Å². The molecule has 0 aromatic heterocycles. The summed E-state index contributed by atoms with van der Waals surface area (Å²) in [7, 11) is 0. The van der Waals surface area contributed by atoms with Crippen molar-refractivity contribution < 1.29 is 9.53 Å². The second kappa shape index (κ2) is 27.3. The van der Waals surface area contributed by atoms with Gasteiger partial charge in [0.05, 0.1) is 6.61 Å². The topological polar surface area (TPSA) is 26.3 Å². The van der Waals surface area contributed by atoms with E-state index in [1.807, 2.05) is 23.5 Å². The fraction of sp³-hybridized carbons (Fsp3) is 0.971. The van der Waals surface area contributed by atoms with Crippen LogP contribution in [0.4, 0.5) is 0 Å². The number of ether oxygens (including phenoxy) is 1. The van der Waals surface area contributed by atoms with Crippen molar-refractivity contribution in [1.82, 2.24) is 0 Å². The second-order valence-electron chi connectivity index (χ2n) is 12.4. The van der Waals surface area contributed by atoms with Crippen LogP contribution >= 0.6 is 23.5 Å². The minimum absolute atomic E-state index is 0.0824. The third-order valence-corrected chi connectivity index (χ3v) is 10.8. The fourth-order valence-corrected chi connectivity index (χ4v) is 7.96. The normalized spacial score (nSPS) is 12.1. The lowest BCUT2D eigenvalue weighted by Gasteiger charge is -2.31. The number of carbonyl (C=O) groups is 1. The largest absolute Gasteiger partial charge is 0.464 e. The summed E-state index contributed by atoms with van der Waals surface area (Å²) in [6, 6.07) is 0. The van der Waals surface area contributed by atoms with Gasteiger partial charge in [0, 0.05) is 0 Å². The van der Waals surface area contributed by atoms with E-state index in [-0.39, 0.29) is 5.97 Å². The van der Waals surface area contributed by atoms with Gasteiger partial charge in [-0.2, -0.15) is 0 Å². The van der Waals surface area contributed by atoms with E-state index in [4.69, 9.17) is 4.74 Å². The smallest absolute Gasteiger partial charge is 0.332 e. The van der Waals surface area contributed by atoms with E-state index in [2.05, 4.69) is 41.5 Å². The average molecular weight is 573 g/mol. The molecule has 0 aromatic carbocycles. The molecule has 0 aromatic rings. The molecule has 0 bridgehead atoms. The van der Waals surface area contributed by atoms with E-state index in [1.54, 1.807) is 0 Å². The molecule has 0 amide bonds. The highest BCUT2D eigenvalue weighted by molar-refractivity contribution is 8.19. The van der Waals surface area contributed by atoms with Gasteiger partial charge >= 0.3 is 5.97 Å². The maximum Gasteiger partial charge on any atom is 0.332 e. The molecule has 0 unspecified atom stereocenters. The zero-order valence-corrected chi connectivity index (χ0v) is 28.4. The molecule has 0 saturated carbocycles. The molecule has 0 N–H and O–H groups in total. The van der Waals surface area contributed by atoms with Gasteiger partial charge in [-0.3, -0.25) is 0 Å². The van der Waals surface area contributed by atoms with Gasteiger partial charge in [0.15, 0.2) is 4.08 Å². The van der Waals surface area contributed by atoms with Crippen molar-refractivity contribution in [3.05, 3.63) is 0 Å². The SMILES string of the molecule is CCCCCCCCOC(=O)C(CCCCCCCC)(SCCCCCC(C)C)SCCCCCC(C)C. The van der Waals surface area contributed by atoms with Crippen molar-refractivity contribution >= 4 is 29.5 Å². The van der Waals surface area contributed by atoms with Gasteiger partial charge in [-0.25, -0.2) is 4.79 Å². The number of hydrogen-bond donors (Lipinski definition) is 0. The summed E-state index contributed by atoms with van der Waals surface area (Å²) in [4.78, 5) is 13.7. The third kappa shape index (κ3) is 22.9. The maximum atomic E-state index is 13.7. The number of rotatable bonds is 29. The van der Waals surface area contributed by atoms with Gasteiger partial charge in [-0.15, -0.1) is 23.5 Å². The molecule has 4 heteroatoms. The first-order valence-electron chi connectivity index (χ1n) is 16.8. The fourth-order valence-electron chi connectivity index (χ4n) is 4.84. The van der Waals surface area contributed by atoms with Crippen LogP contribution < -0.4 is 0 Å². The van der Waals surface area contributed by atoms with Gasteiger partial charge in [-0.05, 0) is 49.0 Å². The van der Waals surface area contributed by atoms with Crippen molar-refractivity contribution in [2.45, 2.75) is 180 Å². The summed E-state index contributed by atoms with van der Waals surface area (Å²) < 4.78 is 5.65. The molecule has 228 valence electrons. The van der Waals surface area contributed by atoms with Gasteiger partial charge in [0.1, 0.15) is 0 Å². The summed E-state index contributed by atoms with van der Waals surface area (Å²) in [5.74, 6) is 3.83. The van der Waals surface area contributed by atoms with Crippen LogP contribution in [0.25, 0.3) is 0 Å². The number of carbonyl (C=O) groups excluding carboxylic acids is 1. The van der Waals surface area contributed by atoms with Crippen molar-refractivity contribution in [2.75, 3.05) is 18.1 Å². The monoisotopic (exact) mass is 572 g/mol. The molecule has 0 spiro atoms. The Balaban J connectivity index is 5.05. The van der Waals surface area contributed by atoms with Crippen molar-refractivity contribution in [1.29, 1.82) is 0 Å². The van der Waals surface area contributed by atoms with E-state index in [1.165, 1.54) is 116 Å². The van der Waals surface area contributed by atoms with Gasteiger partial charge in [0.25, 0.3) is 0 Å². The lowest BCUT2D eigenvalue weighted by atomic mass is 10.1. The Kier molecular flexibility index (Phi) is 27.5. The first-order valence-corrected chi connectivity index (χ1v) is 18.8. The summed E-state index contributed by atoms with van der Waals surface area (Å²) >= 11 is 3.87. The molecular weight excluding hydrogens is 505 g/mol. The van der Waals surface area contributed by atoms with E-state index < -0.39 is 4.08 Å². The van der Waals surface area contributed by atoms with Gasteiger partial charge < -0.3 is 4.74 Å². The molecule has 0 atom stereocenters. The van der Waals surface area contributed by atoms with E-state index >= 15 is 0 Å². The highest BCUT2D eigenvalue weighted by atomic mass is 32.2. The molecule has 0 rings (SSSR count). The molecule has 38 heavy (non-hydrogen) atoms. The number of hydrogen-bond acceptors (Lipinski definition) is 4. The Morgan fingerprint density at radius 1 is 0.579 bits per heavy atom. The Hall–Kier alpha value is 0.170. The van der Waals surface area contributed by atoms with E-state index in [0.29, 0.717) is 6.61 Å². The molecule has 0 heterocycles. The Morgan fingerprint density at radius 3 is 1.47 bits per heavy atom. The van der Waals surface area contributed by atoms with Gasteiger partial charge in [-0.1, -0.05) is 151 Å². The standard InChI is InChI=1S/C34H68O2S2/c1-7-9-11-13-15-21-27-34(37-29-23-17-19-25-31(3)4,38-30-24-18-20-26-32(5)6)33(35)36-28-22-16-14-12-10-8-2/h31-32H,7-30H2,1-6H3. The van der Waals surface area contributed by atoms with Crippen LogP contribution in [-0.2, 0) is 9.53 Å². The van der Waals surface area contributed by atoms with Crippen LogP contribution in [0.1, 0.15) is 176 Å². The third-order valence-electron chi connectivity index (χ3n) is 7.42. The lowest BCUT2D eigenvalue weighted by Crippen LogP contribution is -2.35. The van der Waals surface area contributed by atoms with Crippen LogP contribution in [0.2, 0.25) is 0 Å². The molecule has 0 aliphatic carbocycles. The van der Waals surface area contributed by atoms with Crippen LogP contribution in [0.5, 0.6) is 0 Å². The first kappa shape index (κ1) is 38.2. The zero-order valence-electron chi connectivity index (χ0n) is 26.8. The number of thioether (sulfide) groups is 2. The van der Waals surface area contributed by atoms with Crippen molar-refractivity contribution in [3.63, 3.8) is 0 Å². The summed E-state index contributed by atoms with van der Waals surface area (Å²) in [6.45, 7) is 14.4. The summed E-state index contributed by atoms with van der Waals surface area (Å²) in [5.41, 5.74) is 0. The molecule has 0 fully saturated rings. The molecule has 0 saturated heterocycles. The maximum absolute atomic E-state index is 13.7. The molecule has 0 aliphatic heterocycles. The van der Waals surface area contributed by atoms with Crippen molar-refractivity contribution in [3.8, 4) is 0 Å². The minimum Gasteiger partial charge on any atom is -0.464 e. The van der Waals surface area contributed by atoms with Crippen LogP contribution in [-0.4, -0.2) is 28.2 Å². The predicted octanol–water partition coefficient (Wildman–Crippen LogP) is 12.2. The number of unbranched alkanes of at least 4 members (excludes halogenated alkanes) is 14. The average Bonchev–Trinajstić information content (AvgIpc) is 2.88. The highest BCUT2D eigenvalue weighted by Gasteiger charge is 2.40. The van der Waals surface area contributed by atoms with Crippen LogP contribution in [0, 0.1) is 11.8 Å². The Bertz CT molecular complexity index is 487. The first-order chi connectivity index (χ1) is 18.4. The predicted molar refractivity (Wildman–Crippen MR) is 177 cm³/mol. The highest BCUT2D eigenvalue weighted by Crippen LogP contribution is 2.44. The molecular formula is C34H68O2S2. The Labute approximate surface area is 248 Å². The molecule has 0 radical (unpaired) electrons. The molecule has 2 nitrogen and oxygen atoms in total. The minimum atomic E-state index is -0.400.